The Kier molecular flexibility index (Phi) is 5.04. The van der Waals surface area contributed by atoms with Crippen LogP contribution in [-0.2, 0) is 10.2 Å². The van der Waals surface area contributed by atoms with Gasteiger partial charge in [-0.3, -0.25) is 4.79 Å². The summed E-state index contributed by atoms with van der Waals surface area (Å²) in [5, 5.41) is 6.63. The first-order valence-electron chi connectivity index (χ1n) is 8.20. The second kappa shape index (κ2) is 6.61. The fourth-order valence-corrected chi connectivity index (χ4v) is 2.92. The van der Waals surface area contributed by atoms with Gasteiger partial charge in [-0.1, -0.05) is 38.8 Å². The summed E-state index contributed by atoms with van der Waals surface area (Å²) in [6.07, 6.45) is 4.72. The van der Waals surface area contributed by atoms with E-state index < -0.39 is 5.41 Å². The van der Waals surface area contributed by atoms with Crippen molar-refractivity contribution in [2.45, 2.75) is 64.8 Å². The Morgan fingerprint density at radius 3 is 2.67 bits per heavy atom. The number of carbonyl (C=O) groups is 1. The highest BCUT2D eigenvalue weighted by Gasteiger charge is 2.38. The number of amides is 1. The van der Waals surface area contributed by atoms with Crippen LogP contribution in [0.1, 0.15) is 70.5 Å². The summed E-state index contributed by atoms with van der Waals surface area (Å²) < 4.78 is 0. The summed E-state index contributed by atoms with van der Waals surface area (Å²) in [6.45, 7) is 9.45. The van der Waals surface area contributed by atoms with Gasteiger partial charge in [0.2, 0.25) is 5.91 Å². The zero-order chi connectivity index (χ0) is 15.5. The van der Waals surface area contributed by atoms with E-state index in [1.54, 1.807) is 0 Å². The number of anilines is 1. The van der Waals surface area contributed by atoms with E-state index in [-0.39, 0.29) is 5.91 Å². The van der Waals surface area contributed by atoms with Gasteiger partial charge in [0.25, 0.3) is 0 Å². The molecule has 0 fully saturated rings. The third-order valence-corrected chi connectivity index (χ3v) is 4.42. The lowest BCUT2D eigenvalue weighted by Gasteiger charge is -2.21. The lowest BCUT2D eigenvalue weighted by molar-refractivity contribution is -0.119. The molecule has 1 unspecified atom stereocenters. The molecular weight excluding hydrogens is 260 g/mol. The van der Waals surface area contributed by atoms with Crippen molar-refractivity contribution in [1.82, 2.24) is 5.32 Å². The second-order valence-electron chi connectivity index (χ2n) is 6.53. The Balaban J connectivity index is 2.26. The van der Waals surface area contributed by atoms with Crippen LogP contribution in [0, 0.1) is 0 Å². The topological polar surface area (TPSA) is 41.1 Å². The van der Waals surface area contributed by atoms with E-state index in [9.17, 15) is 4.79 Å². The highest BCUT2D eigenvalue weighted by atomic mass is 16.2. The highest BCUT2D eigenvalue weighted by molar-refractivity contribution is 6.05. The van der Waals surface area contributed by atoms with Gasteiger partial charge in [-0.15, -0.1) is 0 Å². The van der Waals surface area contributed by atoms with Crippen molar-refractivity contribution in [2.75, 3.05) is 11.9 Å². The Bertz CT molecular complexity index is 500. The van der Waals surface area contributed by atoms with Crippen LogP contribution in [0.15, 0.2) is 18.2 Å². The van der Waals surface area contributed by atoms with Crippen LogP contribution in [0.2, 0.25) is 0 Å². The van der Waals surface area contributed by atoms with E-state index in [0.29, 0.717) is 6.04 Å². The Hall–Kier alpha value is -1.35. The van der Waals surface area contributed by atoms with Crippen molar-refractivity contribution in [3.63, 3.8) is 0 Å². The van der Waals surface area contributed by atoms with Crippen LogP contribution in [0.5, 0.6) is 0 Å². The molecule has 0 radical (unpaired) electrons. The molecule has 0 aliphatic carbocycles. The summed E-state index contributed by atoms with van der Waals surface area (Å²) in [5.74, 6) is 0.0984. The molecule has 3 heteroatoms. The molecule has 21 heavy (non-hydrogen) atoms. The van der Waals surface area contributed by atoms with E-state index >= 15 is 0 Å². The van der Waals surface area contributed by atoms with E-state index in [0.717, 1.165) is 30.6 Å². The molecule has 0 aromatic heterocycles. The standard InChI is InChI=1S/C18H28N2O/c1-5-7-8-15(19-11-6-2)13-9-10-16-14(12-13)18(3,4)17(21)20-16/h9-10,12,15,19H,5-8,11H2,1-4H3,(H,20,21). The normalized spacial score (nSPS) is 17.4. The molecular formula is C18H28N2O. The number of unbranched alkanes of at least 4 members (excludes halogenated alkanes) is 1. The first kappa shape index (κ1) is 16.0. The zero-order valence-corrected chi connectivity index (χ0v) is 13.8. The molecule has 0 bridgehead atoms. The van der Waals surface area contributed by atoms with Gasteiger partial charge < -0.3 is 10.6 Å². The van der Waals surface area contributed by atoms with Crippen LogP contribution in [0.3, 0.4) is 0 Å². The van der Waals surface area contributed by atoms with Crippen molar-refractivity contribution >= 4 is 11.6 Å². The van der Waals surface area contributed by atoms with Gasteiger partial charge in [0, 0.05) is 11.7 Å². The lowest BCUT2D eigenvalue weighted by Crippen LogP contribution is -2.27. The maximum absolute atomic E-state index is 12.1. The van der Waals surface area contributed by atoms with E-state index in [1.807, 2.05) is 13.8 Å². The molecule has 1 aromatic carbocycles. The van der Waals surface area contributed by atoms with Crippen molar-refractivity contribution in [3.8, 4) is 0 Å². The monoisotopic (exact) mass is 288 g/mol. The quantitative estimate of drug-likeness (QED) is 0.791. The third kappa shape index (κ3) is 3.29. The number of carbonyl (C=O) groups excluding carboxylic acids is 1. The largest absolute Gasteiger partial charge is 0.325 e. The first-order chi connectivity index (χ1) is 10.0. The fraction of sp³-hybridized carbons (Fsp3) is 0.611. The molecule has 1 aliphatic rings. The molecule has 1 amide bonds. The van der Waals surface area contributed by atoms with Gasteiger partial charge in [-0.05, 0) is 50.4 Å². The minimum atomic E-state index is -0.425. The smallest absolute Gasteiger partial charge is 0.234 e. The van der Waals surface area contributed by atoms with E-state index in [4.69, 9.17) is 0 Å². The number of hydrogen-bond donors (Lipinski definition) is 2. The summed E-state index contributed by atoms with van der Waals surface area (Å²) >= 11 is 0. The summed E-state index contributed by atoms with van der Waals surface area (Å²) in [6, 6.07) is 6.82. The van der Waals surface area contributed by atoms with Gasteiger partial charge in [0.15, 0.2) is 0 Å². The van der Waals surface area contributed by atoms with Gasteiger partial charge in [0.1, 0.15) is 0 Å². The number of benzene rings is 1. The molecule has 1 heterocycles. The van der Waals surface area contributed by atoms with Gasteiger partial charge in [0.05, 0.1) is 5.41 Å². The first-order valence-corrected chi connectivity index (χ1v) is 8.20. The maximum Gasteiger partial charge on any atom is 0.234 e. The third-order valence-electron chi connectivity index (χ3n) is 4.42. The van der Waals surface area contributed by atoms with Crippen LogP contribution in [0.25, 0.3) is 0 Å². The molecule has 3 nitrogen and oxygen atoms in total. The molecule has 0 spiro atoms. The Labute approximate surface area is 128 Å². The molecule has 2 N–H and O–H groups in total. The Morgan fingerprint density at radius 1 is 1.24 bits per heavy atom. The van der Waals surface area contributed by atoms with Crippen molar-refractivity contribution in [3.05, 3.63) is 29.3 Å². The molecule has 0 saturated heterocycles. The molecule has 1 aliphatic heterocycles. The van der Waals surface area contributed by atoms with Crippen LogP contribution in [0.4, 0.5) is 5.69 Å². The summed E-state index contributed by atoms with van der Waals surface area (Å²) in [7, 11) is 0. The number of hydrogen-bond acceptors (Lipinski definition) is 2. The van der Waals surface area contributed by atoms with Crippen LogP contribution in [-0.4, -0.2) is 12.5 Å². The minimum absolute atomic E-state index is 0.0984. The van der Waals surface area contributed by atoms with E-state index in [1.165, 1.54) is 18.4 Å². The lowest BCUT2D eigenvalue weighted by atomic mass is 9.84. The van der Waals surface area contributed by atoms with Crippen LogP contribution < -0.4 is 10.6 Å². The average Bonchev–Trinajstić information content (AvgIpc) is 2.69. The van der Waals surface area contributed by atoms with Gasteiger partial charge >= 0.3 is 0 Å². The van der Waals surface area contributed by atoms with Crippen LogP contribution >= 0.6 is 0 Å². The number of fused-ring (bicyclic) bond motifs is 1. The number of rotatable bonds is 7. The minimum Gasteiger partial charge on any atom is -0.325 e. The predicted molar refractivity (Wildman–Crippen MR) is 88.7 cm³/mol. The highest BCUT2D eigenvalue weighted by Crippen LogP contribution is 2.39. The molecule has 116 valence electrons. The molecule has 1 atom stereocenters. The summed E-state index contributed by atoms with van der Waals surface area (Å²) in [4.78, 5) is 12.1. The molecule has 1 aromatic rings. The predicted octanol–water partition coefficient (Wildman–Crippen LogP) is 4.15. The van der Waals surface area contributed by atoms with E-state index in [2.05, 4.69) is 42.7 Å². The maximum atomic E-state index is 12.1. The van der Waals surface area contributed by atoms with Crippen molar-refractivity contribution in [2.24, 2.45) is 0 Å². The number of nitrogens with one attached hydrogen (secondary N) is 2. The second-order valence-corrected chi connectivity index (χ2v) is 6.53. The van der Waals surface area contributed by atoms with Gasteiger partial charge in [-0.25, -0.2) is 0 Å². The molecule has 2 rings (SSSR count). The zero-order valence-electron chi connectivity index (χ0n) is 13.8. The van der Waals surface area contributed by atoms with Crippen molar-refractivity contribution < 1.29 is 4.79 Å². The van der Waals surface area contributed by atoms with Crippen molar-refractivity contribution in [1.29, 1.82) is 0 Å². The molecule has 0 saturated carbocycles. The summed E-state index contributed by atoms with van der Waals surface area (Å²) in [5.41, 5.74) is 2.98. The van der Waals surface area contributed by atoms with Gasteiger partial charge in [-0.2, -0.15) is 0 Å². The SMILES string of the molecule is CCCCC(NCCC)c1ccc2c(c1)C(C)(C)C(=O)N2. The Morgan fingerprint density at radius 2 is 2.00 bits per heavy atom. The fourth-order valence-electron chi connectivity index (χ4n) is 2.92. The average molecular weight is 288 g/mol.